The van der Waals surface area contributed by atoms with E-state index < -0.39 is 21.8 Å². The summed E-state index contributed by atoms with van der Waals surface area (Å²) in [6.45, 7) is 3.50. The number of aromatic nitrogens is 2. The maximum atomic E-state index is 13.0. The molecule has 4 rings (SSSR count). The first-order valence-corrected chi connectivity index (χ1v) is 10.4. The molecule has 8 nitrogen and oxygen atoms in total. The standard InChI is InChI=1S/C20H17N3O5S/c1-3-15(19-21-11(2)28-23-19)22-20(25)12-8-9-14-17(10-12)29(26,27)16-7-5-4-6-13(16)18(14)24/h4-10,15H,3H2,1-2H3,(H,22,25)/t15-/m1/s1. The van der Waals surface area contributed by atoms with Crippen LogP contribution in [0.1, 0.15) is 57.4 Å². The molecule has 0 saturated heterocycles. The Labute approximate surface area is 166 Å². The molecule has 1 aliphatic rings. The Hall–Kier alpha value is -3.33. The maximum Gasteiger partial charge on any atom is 0.251 e. The van der Waals surface area contributed by atoms with Gasteiger partial charge in [0.2, 0.25) is 15.7 Å². The number of amides is 1. The zero-order chi connectivity index (χ0) is 20.8. The predicted octanol–water partition coefficient (Wildman–Crippen LogP) is 2.64. The quantitative estimate of drug-likeness (QED) is 0.548. The molecular weight excluding hydrogens is 394 g/mol. The van der Waals surface area contributed by atoms with Crippen molar-refractivity contribution >= 4 is 21.5 Å². The molecule has 0 bridgehead atoms. The number of carbonyl (C=O) groups excluding carboxylic acids is 2. The van der Waals surface area contributed by atoms with Crippen LogP contribution in [0.2, 0.25) is 0 Å². The Kier molecular flexibility index (Phi) is 4.54. The Morgan fingerprint density at radius 1 is 1.14 bits per heavy atom. The van der Waals surface area contributed by atoms with Gasteiger partial charge in [-0.15, -0.1) is 0 Å². The lowest BCUT2D eigenvalue weighted by molar-refractivity contribution is 0.0931. The summed E-state index contributed by atoms with van der Waals surface area (Å²) in [7, 11) is -3.91. The van der Waals surface area contributed by atoms with Gasteiger partial charge < -0.3 is 9.84 Å². The summed E-state index contributed by atoms with van der Waals surface area (Å²) >= 11 is 0. The van der Waals surface area contributed by atoms with Gasteiger partial charge >= 0.3 is 0 Å². The van der Waals surface area contributed by atoms with Gasteiger partial charge in [0.25, 0.3) is 5.91 Å². The second-order valence-corrected chi connectivity index (χ2v) is 8.53. The molecule has 1 aromatic heterocycles. The van der Waals surface area contributed by atoms with Crippen molar-refractivity contribution in [1.29, 1.82) is 0 Å². The average molecular weight is 411 g/mol. The Morgan fingerprint density at radius 2 is 1.86 bits per heavy atom. The lowest BCUT2D eigenvalue weighted by Crippen LogP contribution is -2.29. The van der Waals surface area contributed by atoms with Gasteiger partial charge in [0.1, 0.15) is 0 Å². The Balaban J connectivity index is 1.70. The van der Waals surface area contributed by atoms with E-state index in [-0.39, 0.29) is 32.3 Å². The van der Waals surface area contributed by atoms with E-state index in [4.69, 9.17) is 4.52 Å². The van der Waals surface area contributed by atoms with Crippen LogP contribution in [0.3, 0.4) is 0 Å². The van der Waals surface area contributed by atoms with Gasteiger partial charge in [-0.3, -0.25) is 9.59 Å². The van der Waals surface area contributed by atoms with Gasteiger partial charge in [-0.1, -0.05) is 24.2 Å². The third-order valence-electron chi connectivity index (χ3n) is 4.77. The van der Waals surface area contributed by atoms with Crippen LogP contribution < -0.4 is 5.32 Å². The molecule has 1 aliphatic heterocycles. The maximum absolute atomic E-state index is 13.0. The van der Waals surface area contributed by atoms with E-state index in [1.807, 2.05) is 6.92 Å². The fourth-order valence-corrected chi connectivity index (χ4v) is 4.95. The first-order chi connectivity index (χ1) is 13.8. The lowest BCUT2D eigenvalue weighted by atomic mass is 10.0. The van der Waals surface area contributed by atoms with E-state index >= 15 is 0 Å². The first kappa shape index (κ1) is 19.0. The SMILES string of the molecule is CC[C@@H](NC(=O)c1ccc2c(c1)S(=O)(=O)c1ccccc1C2=O)c1noc(C)n1. The second kappa shape index (κ2) is 6.93. The Bertz CT molecular complexity index is 1250. The number of nitrogens with one attached hydrogen (secondary N) is 1. The molecule has 0 spiro atoms. The number of ketones is 1. The van der Waals surface area contributed by atoms with Crippen LogP contribution in [0, 0.1) is 6.92 Å². The number of aryl methyl sites for hydroxylation is 1. The van der Waals surface area contributed by atoms with Crippen molar-refractivity contribution < 1.29 is 22.5 Å². The molecular formula is C20H17N3O5S. The van der Waals surface area contributed by atoms with Crippen molar-refractivity contribution in [3.63, 3.8) is 0 Å². The fourth-order valence-electron chi connectivity index (χ4n) is 3.27. The van der Waals surface area contributed by atoms with E-state index in [9.17, 15) is 18.0 Å². The van der Waals surface area contributed by atoms with Crippen LogP contribution in [0.5, 0.6) is 0 Å². The van der Waals surface area contributed by atoms with Crippen molar-refractivity contribution in [2.45, 2.75) is 36.1 Å². The molecule has 2 aromatic carbocycles. The molecule has 2 heterocycles. The van der Waals surface area contributed by atoms with Crippen LogP contribution in [0.15, 0.2) is 56.8 Å². The highest BCUT2D eigenvalue weighted by atomic mass is 32.2. The number of fused-ring (bicyclic) bond motifs is 2. The van der Waals surface area contributed by atoms with Crippen LogP contribution in [0.4, 0.5) is 0 Å². The van der Waals surface area contributed by atoms with E-state index in [1.54, 1.807) is 19.1 Å². The first-order valence-electron chi connectivity index (χ1n) is 8.97. The summed E-state index contributed by atoms with van der Waals surface area (Å²) in [6, 6.07) is 9.61. The van der Waals surface area contributed by atoms with E-state index in [0.717, 1.165) is 0 Å². The number of rotatable bonds is 4. The number of hydrogen-bond donors (Lipinski definition) is 1. The van der Waals surface area contributed by atoms with Gasteiger partial charge in [0.15, 0.2) is 11.6 Å². The largest absolute Gasteiger partial charge is 0.342 e. The molecule has 3 aromatic rings. The molecule has 29 heavy (non-hydrogen) atoms. The third kappa shape index (κ3) is 3.13. The molecule has 1 atom stereocenters. The summed E-state index contributed by atoms with van der Waals surface area (Å²) in [5, 5.41) is 6.59. The van der Waals surface area contributed by atoms with Crippen molar-refractivity contribution in [3.8, 4) is 0 Å². The minimum Gasteiger partial charge on any atom is -0.342 e. The van der Waals surface area contributed by atoms with E-state index in [2.05, 4.69) is 15.5 Å². The minimum atomic E-state index is -3.91. The van der Waals surface area contributed by atoms with Gasteiger partial charge in [-0.05, 0) is 36.8 Å². The van der Waals surface area contributed by atoms with Crippen LogP contribution in [-0.4, -0.2) is 30.2 Å². The highest BCUT2D eigenvalue weighted by Crippen LogP contribution is 2.34. The summed E-state index contributed by atoms with van der Waals surface area (Å²) in [5.41, 5.74) is 0.315. The molecule has 0 fully saturated rings. The average Bonchev–Trinajstić information content (AvgIpc) is 3.16. The number of benzene rings is 2. The summed E-state index contributed by atoms with van der Waals surface area (Å²) in [6.07, 6.45) is 0.514. The van der Waals surface area contributed by atoms with Crippen molar-refractivity contribution in [3.05, 3.63) is 70.9 Å². The van der Waals surface area contributed by atoms with Gasteiger partial charge in [0, 0.05) is 23.6 Å². The van der Waals surface area contributed by atoms with Crippen molar-refractivity contribution in [2.24, 2.45) is 0 Å². The van der Waals surface area contributed by atoms with E-state index in [1.165, 1.54) is 30.3 Å². The monoisotopic (exact) mass is 411 g/mol. The summed E-state index contributed by atoms with van der Waals surface area (Å²) in [5.74, 6) is -0.160. The number of sulfone groups is 1. The van der Waals surface area contributed by atoms with Gasteiger partial charge in [-0.2, -0.15) is 4.98 Å². The van der Waals surface area contributed by atoms with Crippen LogP contribution in [0.25, 0.3) is 0 Å². The molecule has 1 amide bonds. The normalized spacial score (nSPS) is 15.3. The molecule has 0 unspecified atom stereocenters. The molecule has 0 aliphatic carbocycles. The summed E-state index contributed by atoms with van der Waals surface area (Å²) in [4.78, 5) is 29.3. The van der Waals surface area contributed by atoms with Crippen molar-refractivity contribution in [1.82, 2.24) is 15.5 Å². The number of carbonyl (C=O) groups is 2. The van der Waals surface area contributed by atoms with Crippen molar-refractivity contribution in [2.75, 3.05) is 0 Å². The third-order valence-corrected chi connectivity index (χ3v) is 6.62. The zero-order valence-electron chi connectivity index (χ0n) is 15.7. The van der Waals surface area contributed by atoms with E-state index in [0.29, 0.717) is 18.1 Å². The predicted molar refractivity (Wildman–Crippen MR) is 101 cm³/mol. The highest BCUT2D eigenvalue weighted by Gasteiger charge is 2.35. The van der Waals surface area contributed by atoms with Crippen LogP contribution in [-0.2, 0) is 9.84 Å². The topological polar surface area (TPSA) is 119 Å². The lowest BCUT2D eigenvalue weighted by Gasteiger charge is -2.19. The number of nitrogens with zero attached hydrogens (tertiary/aromatic N) is 2. The minimum absolute atomic E-state index is 0.0521. The van der Waals surface area contributed by atoms with Gasteiger partial charge in [0.05, 0.1) is 15.8 Å². The molecule has 0 radical (unpaired) electrons. The molecule has 1 N–H and O–H groups in total. The molecule has 148 valence electrons. The molecule has 9 heteroatoms. The number of hydrogen-bond acceptors (Lipinski definition) is 7. The Morgan fingerprint density at radius 3 is 2.55 bits per heavy atom. The zero-order valence-corrected chi connectivity index (χ0v) is 16.5. The highest BCUT2D eigenvalue weighted by molar-refractivity contribution is 7.91. The summed E-state index contributed by atoms with van der Waals surface area (Å²) < 4.78 is 31.0. The smallest absolute Gasteiger partial charge is 0.251 e. The van der Waals surface area contributed by atoms with Crippen LogP contribution >= 0.6 is 0 Å². The second-order valence-electron chi connectivity index (χ2n) is 6.65. The fraction of sp³-hybridized carbons (Fsp3) is 0.200. The van der Waals surface area contributed by atoms with Gasteiger partial charge in [-0.25, -0.2) is 8.42 Å². The molecule has 0 saturated carbocycles.